The van der Waals surface area contributed by atoms with Crippen LogP contribution in [0.4, 0.5) is 4.79 Å². The number of carbonyl (C=O) groups is 2. The zero-order valence-corrected chi connectivity index (χ0v) is 8.32. The van der Waals surface area contributed by atoms with Crippen LogP contribution in [0, 0.1) is 0 Å². The van der Waals surface area contributed by atoms with Gasteiger partial charge in [0, 0.05) is 19.6 Å². The fourth-order valence-electron chi connectivity index (χ4n) is 0.905. The Balaban J connectivity index is 3.92. The quantitative estimate of drug-likeness (QED) is 0.619. The highest BCUT2D eigenvalue weighted by Crippen LogP contribution is 1.92. The molecule has 5 heteroatoms. The van der Waals surface area contributed by atoms with E-state index in [-0.39, 0.29) is 19.0 Å². The molecule has 0 radical (unpaired) electrons. The van der Waals surface area contributed by atoms with Crippen molar-refractivity contribution in [2.24, 2.45) is 0 Å². The minimum atomic E-state index is -0.903. The maximum atomic E-state index is 11.3. The summed E-state index contributed by atoms with van der Waals surface area (Å²) in [6.45, 7) is 6.38. The van der Waals surface area contributed by atoms with E-state index in [1.54, 1.807) is 13.0 Å². The van der Waals surface area contributed by atoms with Crippen molar-refractivity contribution in [3.8, 4) is 0 Å². The van der Waals surface area contributed by atoms with Gasteiger partial charge >= 0.3 is 12.0 Å². The minimum absolute atomic E-state index is 0.0324. The fourth-order valence-corrected chi connectivity index (χ4v) is 0.905. The molecule has 0 aliphatic rings. The monoisotopic (exact) mass is 200 g/mol. The second kappa shape index (κ2) is 6.94. The van der Waals surface area contributed by atoms with E-state index >= 15 is 0 Å². The summed E-state index contributed by atoms with van der Waals surface area (Å²) in [6, 6.07) is -0.256. The third-order valence-electron chi connectivity index (χ3n) is 1.66. The molecule has 80 valence electrons. The summed E-state index contributed by atoms with van der Waals surface area (Å²) in [4.78, 5) is 23.0. The molecule has 2 N–H and O–H groups in total. The first-order valence-electron chi connectivity index (χ1n) is 4.47. The Bertz CT molecular complexity index is 216. The van der Waals surface area contributed by atoms with Gasteiger partial charge < -0.3 is 15.3 Å². The summed E-state index contributed by atoms with van der Waals surface area (Å²) in [6.07, 6.45) is 1.54. The van der Waals surface area contributed by atoms with Gasteiger partial charge in [0.1, 0.15) is 0 Å². The molecule has 0 aromatic heterocycles. The summed E-state index contributed by atoms with van der Waals surface area (Å²) in [5.74, 6) is -0.903. The van der Waals surface area contributed by atoms with Gasteiger partial charge in [-0.2, -0.15) is 0 Å². The first kappa shape index (κ1) is 12.5. The lowest BCUT2D eigenvalue weighted by Gasteiger charge is -2.19. The molecule has 2 amide bonds. The molecule has 0 aromatic carbocycles. The van der Waals surface area contributed by atoms with Crippen molar-refractivity contribution >= 4 is 12.0 Å². The molecule has 0 aromatic rings. The van der Waals surface area contributed by atoms with E-state index in [2.05, 4.69) is 11.9 Å². The molecule has 0 saturated carbocycles. The number of aliphatic carboxylic acids is 1. The largest absolute Gasteiger partial charge is 0.481 e. The molecule has 0 heterocycles. The predicted octanol–water partition coefficient (Wildman–Crippen LogP) is 0.679. The zero-order chi connectivity index (χ0) is 11.0. The maximum absolute atomic E-state index is 11.3. The van der Waals surface area contributed by atoms with E-state index in [0.717, 1.165) is 0 Å². The number of hydrogen-bond donors (Lipinski definition) is 2. The average molecular weight is 200 g/mol. The fraction of sp³-hybridized carbons (Fsp3) is 0.556. The van der Waals surface area contributed by atoms with E-state index in [4.69, 9.17) is 5.11 Å². The molecular formula is C9H16N2O3. The highest BCUT2D eigenvalue weighted by molar-refractivity contribution is 5.75. The molecule has 0 rings (SSSR count). The van der Waals surface area contributed by atoms with Crippen molar-refractivity contribution in [2.75, 3.05) is 19.6 Å². The van der Waals surface area contributed by atoms with Gasteiger partial charge in [-0.1, -0.05) is 6.08 Å². The molecule has 5 nitrogen and oxygen atoms in total. The highest BCUT2D eigenvalue weighted by Gasteiger charge is 2.11. The van der Waals surface area contributed by atoms with Crippen LogP contribution in [0.15, 0.2) is 12.7 Å². The van der Waals surface area contributed by atoms with E-state index in [9.17, 15) is 9.59 Å². The van der Waals surface area contributed by atoms with Crippen molar-refractivity contribution in [1.82, 2.24) is 10.2 Å². The van der Waals surface area contributed by atoms with Gasteiger partial charge in [-0.05, 0) is 6.92 Å². The lowest BCUT2D eigenvalue weighted by atomic mass is 10.4. The topological polar surface area (TPSA) is 69.6 Å². The number of carbonyl (C=O) groups excluding carboxylic acids is 1. The number of carboxylic acid groups (broad SMARTS) is 1. The lowest BCUT2D eigenvalue weighted by Crippen LogP contribution is -2.40. The molecule has 0 fully saturated rings. The number of amides is 2. The highest BCUT2D eigenvalue weighted by atomic mass is 16.4. The Morgan fingerprint density at radius 3 is 2.64 bits per heavy atom. The first-order chi connectivity index (χ1) is 6.61. The molecule has 14 heavy (non-hydrogen) atoms. The Morgan fingerprint density at radius 1 is 1.57 bits per heavy atom. The Labute approximate surface area is 83.4 Å². The maximum Gasteiger partial charge on any atom is 0.317 e. The van der Waals surface area contributed by atoms with Crippen LogP contribution in [0.2, 0.25) is 0 Å². The van der Waals surface area contributed by atoms with Crippen LogP contribution in [-0.2, 0) is 4.79 Å². The number of urea groups is 1. The van der Waals surface area contributed by atoms with E-state index in [1.807, 2.05) is 0 Å². The SMILES string of the molecule is C=CCNC(=O)N(CC)CCC(=O)O. The van der Waals surface area contributed by atoms with Crippen LogP contribution in [0.25, 0.3) is 0 Å². The Hall–Kier alpha value is -1.52. The normalized spacial score (nSPS) is 9.21. The van der Waals surface area contributed by atoms with Gasteiger partial charge in [0.15, 0.2) is 0 Å². The standard InChI is InChI=1S/C9H16N2O3/c1-3-6-10-9(14)11(4-2)7-5-8(12)13/h3H,1,4-7H2,2H3,(H,10,14)(H,12,13). The molecule has 0 aliphatic heterocycles. The number of hydrogen-bond acceptors (Lipinski definition) is 2. The Kier molecular flexibility index (Phi) is 6.19. The van der Waals surface area contributed by atoms with Gasteiger partial charge in [-0.25, -0.2) is 4.79 Å². The Morgan fingerprint density at radius 2 is 2.21 bits per heavy atom. The van der Waals surface area contributed by atoms with Crippen LogP contribution in [-0.4, -0.2) is 41.6 Å². The lowest BCUT2D eigenvalue weighted by molar-refractivity contribution is -0.137. The van der Waals surface area contributed by atoms with Gasteiger partial charge in [0.25, 0.3) is 0 Å². The summed E-state index contributed by atoms with van der Waals surface area (Å²) in [5.41, 5.74) is 0. The second-order valence-corrected chi connectivity index (χ2v) is 2.70. The summed E-state index contributed by atoms with van der Waals surface area (Å²) >= 11 is 0. The van der Waals surface area contributed by atoms with Crippen LogP contribution < -0.4 is 5.32 Å². The average Bonchev–Trinajstić information content (AvgIpc) is 2.15. The molecule has 0 atom stereocenters. The van der Waals surface area contributed by atoms with Crippen molar-refractivity contribution in [1.29, 1.82) is 0 Å². The van der Waals surface area contributed by atoms with Crippen molar-refractivity contribution in [3.63, 3.8) is 0 Å². The summed E-state index contributed by atoms with van der Waals surface area (Å²) in [5, 5.41) is 11.0. The molecular weight excluding hydrogens is 184 g/mol. The summed E-state index contributed by atoms with van der Waals surface area (Å²) < 4.78 is 0. The molecule has 0 unspecified atom stereocenters. The third kappa shape index (κ3) is 5.18. The van der Waals surface area contributed by atoms with Crippen molar-refractivity contribution < 1.29 is 14.7 Å². The smallest absolute Gasteiger partial charge is 0.317 e. The molecule has 0 aliphatic carbocycles. The van der Waals surface area contributed by atoms with Crippen LogP contribution >= 0.6 is 0 Å². The van der Waals surface area contributed by atoms with Crippen molar-refractivity contribution in [3.05, 3.63) is 12.7 Å². The third-order valence-corrected chi connectivity index (χ3v) is 1.66. The van der Waals surface area contributed by atoms with Gasteiger partial charge in [0.05, 0.1) is 6.42 Å². The van der Waals surface area contributed by atoms with Gasteiger partial charge in [-0.3, -0.25) is 4.79 Å². The van der Waals surface area contributed by atoms with E-state index in [0.29, 0.717) is 13.1 Å². The number of carboxylic acids is 1. The van der Waals surface area contributed by atoms with E-state index < -0.39 is 5.97 Å². The molecule has 0 saturated heterocycles. The van der Waals surface area contributed by atoms with Gasteiger partial charge in [-0.15, -0.1) is 6.58 Å². The number of nitrogens with one attached hydrogen (secondary N) is 1. The van der Waals surface area contributed by atoms with Crippen molar-refractivity contribution in [2.45, 2.75) is 13.3 Å². The molecule has 0 bridgehead atoms. The van der Waals surface area contributed by atoms with Crippen LogP contribution in [0.1, 0.15) is 13.3 Å². The number of nitrogens with zero attached hydrogens (tertiary/aromatic N) is 1. The van der Waals surface area contributed by atoms with Crippen LogP contribution in [0.3, 0.4) is 0 Å². The first-order valence-corrected chi connectivity index (χ1v) is 4.47. The van der Waals surface area contributed by atoms with Crippen LogP contribution in [0.5, 0.6) is 0 Å². The van der Waals surface area contributed by atoms with Gasteiger partial charge in [0.2, 0.25) is 0 Å². The minimum Gasteiger partial charge on any atom is -0.481 e. The molecule has 0 spiro atoms. The number of rotatable bonds is 6. The predicted molar refractivity (Wildman–Crippen MR) is 53.1 cm³/mol. The zero-order valence-electron chi connectivity index (χ0n) is 8.32. The van der Waals surface area contributed by atoms with E-state index in [1.165, 1.54) is 4.90 Å². The summed E-state index contributed by atoms with van der Waals surface area (Å²) in [7, 11) is 0. The second-order valence-electron chi connectivity index (χ2n) is 2.70.